The Morgan fingerprint density at radius 1 is 0.424 bits per heavy atom. The first kappa shape index (κ1) is 30.8. The highest BCUT2D eigenvalue weighted by Crippen LogP contribution is 2.56. The molecule has 1 aliphatic rings. The lowest BCUT2D eigenvalue weighted by Crippen LogP contribution is -2.34. The third-order valence-corrected chi connectivity index (χ3v) is 14.1. The summed E-state index contributed by atoms with van der Waals surface area (Å²) in [5.74, 6) is 0. The standard InChI is InChI=1S/C58H46S/c1-57(2)33-34-58(3,4)56-49(57)32-31-42(39-21-12-7-13-22-39)55(56)54-44-30-28-40(37-17-8-5-9-18-37)35-47(44)52(43-29-27-41(36-48(43)54)38-19-10-6-11-20-38)46-24-16-26-51-53(46)45-23-14-15-25-50(45)59-51/h5-32,35-36H,33-34H2,1-4H3/i7D,12D,13D,21D,22D. The van der Waals surface area contributed by atoms with Gasteiger partial charge in [0.05, 0.1) is 6.85 Å². The van der Waals surface area contributed by atoms with Crippen LogP contribution in [0, 0.1) is 0 Å². The van der Waals surface area contributed by atoms with Crippen LogP contribution >= 0.6 is 11.3 Å². The largest absolute Gasteiger partial charge is 0.135 e. The Hall–Kier alpha value is -6.28. The lowest BCUT2D eigenvalue weighted by atomic mass is 9.60. The summed E-state index contributed by atoms with van der Waals surface area (Å²) in [7, 11) is 0. The van der Waals surface area contributed by atoms with Gasteiger partial charge in [0.25, 0.3) is 0 Å². The van der Waals surface area contributed by atoms with Gasteiger partial charge in [-0.3, -0.25) is 0 Å². The molecule has 10 aromatic rings. The number of hydrogen-bond donors (Lipinski definition) is 0. The fourth-order valence-electron chi connectivity index (χ4n) is 10.00. The van der Waals surface area contributed by atoms with Crippen molar-refractivity contribution in [1.82, 2.24) is 0 Å². The van der Waals surface area contributed by atoms with Crippen molar-refractivity contribution in [2.45, 2.75) is 51.4 Å². The third-order valence-electron chi connectivity index (χ3n) is 13.0. The molecule has 1 heteroatoms. The molecule has 0 N–H and O–H groups in total. The van der Waals surface area contributed by atoms with Crippen LogP contribution in [0.15, 0.2) is 182 Å². The van der Waals surface area contributed by atoms with Gasteiger partial charge in [0.1, 0.15) is 0 Å². The summed E-state index contributed by atoms with van der Waals surface area (Å²) in [5.41, 5.74) is 11.5. The first-order valence-electron chi connectivity index (χ1n) is 23.1. The van der Waals surface area contributed by atoms with Crippen LogP contribution in [0.25, 0.3) is 97.4 Å². The quantitative estimate of drug-likeness (QED) is 0.153. The highest BCUT2D eigenvalue weighted by atomic mass is 32.1. The van der Waals surface area contributed by atoms with E-state index in [1.54, 1.807) is 0 Å². The highest BCUT2D eigenvalue weighted by molar-refractivity contribution is 7.26. The Kier molecular flexibility index (Phi) is 7.12. The van der Waals surface area contributed by atoms with Crippen molar-refractivity contribution >= 4 is 53.1 Å². The Labute approximate surface area is 358 Å². The average molecular weight is 780 g/mol. The smallest absolute Gasteiger partial charge is 0.0629 e. The molecular weight excluding hydrogens is 729 g/mol. The van der Waals surface area contributed by atoms with Gasteiger partial charge in [-0.25, -0.2) is 0 Å². The van der Waals surface area contributed by atoms with Gasteiger partial charge in [-0.2, -0.15) is 0 Å². The van der Waals surface area contributed by atoms with Gasteiger partial charge < -0.3 is 0 Å². The van der Waals surface area contributed by atoms with E-state index in [9.17, 15) is 2.74 Å². The zero-order valence-electron chi connectivity index (χ0n) is 38.8. The van der Waals surface area contributed by atoms with Gasteiger partial charge in [-0.1, -0.05) is 185 Å². The van der Waals surface area contributed by atoms with E-state index in [-0.39, 0.29) is 40.6 Å². The van der Waals surface area contributed by atoms with E-state index >= 15 is 0 Å². The van der Waals surface area contributed by atoms with E-state index in [0.717, 1.165) is 78.9 Å². The van der Waals surface area contributed by atoms with E-state index in [4.69, 9.17) is 4.11 Å². The van der Waals surface area contributed by atoms with Crippen molar-refractivity contribution in [3.8, 4) is 55.6 Å². The molecule has 59 heavy (non-hydrogen) atoms. The third kappa shape index (κ3) is 5.78. The van der Waals surface area contributed by atoms with Crippen molar-refractivity contribution in [3.63, 3.8) is 0 Å². The molecule has 0 bridgehead atoms. The molecular formula is C58H46S. The van der Waals surface area contributed by atoms with E-state index in [1.807, 2.05) is 17.4 Å². The van der Waals surface area contributed by atoms with Crippen LogP contribution in [-0.2, 0) is 10.8 Å². The molecule has 1 aliphatic carbocycles. The second-order valence-corrected chi connectivity index (χ2v) is 18.5. The summed E-state index contributed by atoms with van der Waals surface area (Å²) in [6, 6.07) is 53.0. The minimum absolute atomic E-state index is 0.172. The summed E-state index contributed by atoms with van der Waals surface area (Å²) in [4.78, 5) is 0. The first-order valence-corrected chi connectivity index (χ1v) is 21.5. The van der Waals surface area contributed by atoms with Crippen molar-refractivity contribution in [3.05, 3.63) is 193 Å². The molecule has 0 saturated carbocycles. The van der Waals surface area contributed by atoms with Gasteiger partial charge >= 0.3 is 0 Å². The van der Waals surface area contributed by atoms with Gasteiger partial charge in [0.15, 0.2) is 0 Å². The minimum atomic E-state index is -0.393. The monoisotopic (exact) mass is 779 g/mol. The van der Waals surface area contributed by atoms with Crippen molar-refractivity contribution in [2.24, 2.45) is 0 Å². The Morgan fingerprint density at radius 2 is 1.02 bits per heavy atom. The van der Waals surface area contributed by atoms with E-state index in [2.05, 4.69) is 173 Å². The molecule has 0 amide bonds. The second-order valence-electron chi connectivity index (χ2n) is 17.5. The lowest BCUT2D eigenvalue weighted by Gasteiger charge is -2.44. The van der Waals surface area contributed by atoms with Crippen molar-refractivity contribution in [1.29, 1.82) is 0 Å². The van der Waals surface area contributed by atoms with E-state index in [0.29, 0.717) is 5.56 Å². The number of rotatable bonds is 5. The van der Waals surface area contributed by atoms with E-state index in [1.165, 1.54) is 31.3 Å². The summed E-state index contributed by atoms with van der Waals surface area (Å²) >= 11 is 1.82. The van der Waals surface area contributed by atoms with Crippen LogP contribution in [0.1, 0.15) is 58.5 Å². The van der Waals surface area contributed by atoms with Gasteiger partial charge in [-0.05, 0) is 136 Å². The molecule has 1 aromatic heterocycles. The van der Waals surface area contributed by atoms with Gasteiger partial charge in [-0.15, -0.1) is 11.3 Å². The molecule has 0 fully saturated rings. The molecule has 0 spiro atoms. The number of fused-ring (bicyclic) bond motifs is 6. The Balaban J connectivity index is 1.41. The maximum atomic E-state index is 9.45. The predicted octanol–water partition coefficient (Wildman–Crippen LogP) is 17.0. The molecule has 0 aliphatic heterocycles. The van der Waals surface area contributed by atoms with Crippen LogP contribution in [-0.4, -0.2) is 0 Å². The average Bonchev–Trinajstić information content (AvgIpc) is 3.70. The molecule has 0 nitrogen and oxygen atoms in total. The lowest BCUT2D eigenvalue weighted by molar-refractivity contribution is 0.333. The normalized spacial score (nSPS) is 15.8. The maximum absolute atomic E-state index is 9.45. The fourth-order valence-corrected chi connectivity index (χ4v) is 11.1. The second kappa shape index (κ2) is 13.7. The zero-order valence-corrected chi connectivity index (χ0v) is 34.6. The number of thiophene rings is 1. The molecule has 0 atom stereocenters. The SMILES string of the molecule is [2H]c1c([2H])c([2H])c(-c2ccc3c(c2-c2c4cc(-c5ccccc5)ccc4c(-c4cccc5sc6ccccc6c45)c4cc(-c5ccccc5)ccc24)C(C)(C)CCC3(C)C)c([2H])c1[2H]. The predicted molar refractivity (Wildman–Crippen MR) is 257 cm³/mol. The van der Waals surface area contributed by atoms with Crippen LogP contribution in [0.2, 0.25) is 0 Å². The van der Waals surface area contributed by atoms with Crippen LogP contribution in [0.3, 0.4) is 0 Å². The maximum Gasteiger partial charge on any atom is 0.0629 e. The summed E-state index contributed by atoms with van der Waals surface area (Å²) in [6.07, 6.45) is 1.93. The number of hydrogen-bond acceptors (Lipinski definition) is 1. The molecule has 1 heterocycles. The Morgan fingerprint density at radius 3 is 1.71 bits per heavy atom. The van der Waals surface area contributed by atoms with Crippen LogP contribution in [0.4, 0.5) is 0 Å². The van der Waals surface area contributed by atoms with Crippen LogP contribution < -0.4 is 0 Å². The molecule has 9 aromatic carbocycles. The fraction of sp³-hybridized carbons (Fsp3) is 0.138. The highest BCUT2D eigenvalue weighted by Gasteiger charge is 2.40. The molecule has 11 rings (SSSR count). The topological polar surface area (TPSA) is 0 Å². The summed E-state index contributed by atoms with van der Waals surface area (Å²) in [5, 5.41) is 6.74. The first-order chi connectivity index (χ1) is 30.8. The van der Waals surface area contributed by atoms with Crippen molar-refractivity contribution in [2.75, 3.05) is 0 Å². The minimum Gasteiger partial charge on any atom is -0.135 e. The zero-order chi connectivity index (χ0) is 44.2. The molecule has 0 radical (unpaired) electrons. The molecule has 284 valence electrons. The van der Waals surface area contributed by atoms with E-state index < -0.39 is 6.04 Å². The summed E-state index contributed by atoms with van der Waals surface area (Å²) < 4.78 is 47.8. The van der Waals surface area contributed by atoms with Gasteiger partial charge in [0, 0.05) is 20.2 Å². The number of benzene rings is 9. The van der Waals surface area contributed by atoms with Gasteiger partial charge in [0.2, 0.25) is 0 Å². The molecule has 0 saturated heterocycles. The summed E-state index contributed by atoms with van der Waals surface area (Å²) in [6.45, 7) is 9.28. The molecule has 0 unspecified atom stereocenters. The van der Waals surface area contributed by atoms with Crippen molar-refractivity contribution < 1.29 is 6.85 Å². The van der Waals surface area contributed by atoms with Crippen LogP contribution in [0.5, 0.6) is 0 Å². The Bertz CT molecular complexity index is 3520.